The van der Waals surface area contributed by atoms with Crippen molar-refractivity contribution in [3.8, 4) is 11.5 Å². The fourth-order valence-electron chi connectivity index (χ4n) is 2.42. The first-order valence-electron chi connectivity index (χ1n) is 8.06. The summed E-state index contributed by atoms with van der Waals surface area (Å²) < 4.78 is 11.1. The molecule has 24 heavy (non-hydrogen) atoms. The van der Waals surface area contributed by atoms with Crippen LogP contribution >= 0.6 is 0 Å². The van der Waals surface area contributed by atoms with E-state index in [0.29, 0.717) is 39.3 Å². The lowest BCUT2D eigenvalue weighted by molar-refractivity contribution is -0.121. The average Bonchev–Trinajstić information content (AvgIpc) is 2.64. The highest BCUT2D eigenvalue weighted by Crippen LogP contribution is 2.30. The van der Waals surface area contributed by atoms with E-state index in [2.05, 4.69) is 15.6 Å². The van der Waals surface area contributed by atoms with E-state index in [4.69, 9.17) is 9.47 Å². The van der Waals surface area contributed by atoms with Gasteiger partial charge in [0.25, 0.3) is 0 Å². The summed E-state index contributed by atoms with van der Waals surface area (Å²) in [4.78, 5) is 15.8. The number of carbonyl (C=O) groups excluding carboxylic acids is 1. The maximum Gasteiger partial charge on any atom is 0.221 e. The predicted molar refractivity (Wildman–Crippen MR) is 89.8 cm³/mol. The second-order valence-electron chi connectivity index (χ2n) is 5.54. The molecule has 2 heterocycles. The highest BCUT2D eigenvalue weighted by Gasteiger charge is 2.11. The van der Waals surface area contributed by atoms with Crippen LogP contribution in [-0.2, 0) is 17.9 Å². The van der Waals surface area contributed by atoms with Crippen LogP contribution in [0.4, 0.5) is 0 Å². The number of hydrogen-bond donors (Lipinski definition) is 2. The maximum atomic E-state index is 11.8. The third-order valence-corrected chi connectivity index (χ3v) is 3.68. The zero-order valence-corrected chi connectivity index (χ0v) is 13.5. The van der Waals surface area contributed by atoms with Gasteiger partial charge in [0.15, 0.2) is 11.5 Å². The van der Waals surface area contributed by atoms with Crippen LogP contribution in [-0.4, -0.2) is 30.6 Å². The molecule has 1 aromatic carbocycles. The Bertz CT molecular complexity index is 676. The molecule has 0 atom stereocenters. The van der Waals surface area contributed by atoms with Gasteiger partial charge in [0.2, 0.25) is 5.91 Å². The van der Waals surface area contributed by atoms with Gasteiger partial charge in [-0.25, -0.2) is 0 Å². The average molecular weight is 327 g/mol. The third-order valence-electron chi connectivity index (χ3n) is 3.68. The molecule has 0 saturated heterocycles. The van der Waals surface area contributed by atoms with E-state index in [1.807, 2.05) is 30.3 Å². The molecule has 1 aliphatic rings. The monoisotopic (exact) mass is 327 g/mol. The normalized spacial score (nSPS) is 12.7. The summed E-state index contributed by atoms with van der Waals surface area (Å²) in [5, 5.41) is 6.15. The van der Waals surface area contributed by atoms with Crippen molar-refractivity contribution in [2.24, 2.45) is 0 Å². The summed E-state index contributed by atoms with van der Waals surface area (Å²) in [6.45, 7) is 2.99. The summed E-state index contributed by atoms with van der Waals surface area (Å²) in [7, 11) is 0. The Labute approximate surface area is 141 Å². The van der Waals surface area contributed by atoms with E-state index >= 15 is 0 Å². The third kappa shape index (κ3) is 4.70. The molecule has 0 unspecified atom stereocenters. The van der Waals surface area contributed by atoms with E-state index < -0.39 is 0 Å². The summed E-state index contributed by atoms with van der Waals surface area (Å²) in [6, 6.07) is 9.70. The number of hydrogen-bond acceptors (Lipinski definition) is 5. The maximum absolute atomic E-state index is 11.8. The Morgan fingerprint density at radius 2 is 1.96 bits per heavy atom. The first-order valence-corrected chi connectivity index (χ1v) is 8.06. The number of carbonyl (C=O) groups is 1. The number of amides is 1. The van der Waals surface area contributed by atoms with Crippen molar-refractivity contribution in [2.45, 2.75) is 19.5 Å². The largest absolute Gasteiger partial charge is 0.486 e. The Balaban J connectivity index is 1.35. The lowest BCUT2D eigenvalue weighted by Gasteiger charge is -2.19. The number of ether oxygens (including phenoxy) is 2. The van der Waals surface area contributed by atoms with Crippen LogP contribution in [0.5, 0.6) is 11.5 Å². The fourth-order valence-corrected chi connectivity index (χ4v) is 2.42. The van der Waals surface area contributed by atoms with E-state index in [-0.39, 0.29) is 5.91 Å². The molecular formula is C18H21N3O3. The lowest BCUT2D eigenvalue weighted by Crippen LogP contribution is -2.27. The second kappa shape index (κ2) is 8.31. The first-order chi connectivity index (χ1) is 11.8. The molecule has 6 nitrogen and oxygen atoms in total. The number of benzene rings is 1. The van der Waals surface area contributed by atoms with E-state index in [1.165, 1.54) is 0 Å². The Kier molecular flexibility index (Phi) is 5.63. The van der Waals surface area contributed by atoms with E-state index in [1.54, 1.807) is 12.4 Å². The zero-order chi connectivity index (χ0) is 16.6. The minimum absolute atomic E-state index is 0.0218. The summed E-state index contributed by atoms with van der Waals surface area (Å²) >= 11 is 0. The van der Waals surface area contributed by atoms with Gasteiger partial charge in [-0.3, -0.25) is 9.78 Å². The molecule has 0 fully saturated rings. The van der Waals surface area contributed by atoms with Gasteiger partial charge >= 0.3 is 0 Å². The number of nitrogens with zero attached hydrogens (tertiary/aromatic N) is 1. The molecule has 1 aliphatic heterocycles. The van der Waals surface area contributed by atoms with Gasteiger partial charge in [0.05, 0.1) is 0 Å². The van der Waals surface area contributed by atoms with Crippen molar-refractivity contribution >= 4 is 5.91 Å². The topological polar surface area (TPSA) is 72.5 Å². The molecule has 2 aromatic rings. The van der Waals surface area contributed by atoms with Gasteiger partial charge in [0.1, 0.15) is 13.2 Å². The van der Waals surface area contributed by atoms with Crippen LogP contribution < -0.4 is 20.1 Å². The highest BCUT2D eigenvalue weighted by molar-refractivity contribution is 5.76. The summed E-state index contributed by atoms with van der Waals surface area (Å²) in [5.41, 5.74) is 2.10. The molecule has 0 bridgehead atoms. The van der Waals surface area contributed by atoms with Crippen molar-refractivity contribution in [3.05, 3.63) is 53.9 Å². The quantitative estimate of drug-likeness (QED) is 0.757. The van der Waals surface area contributed by atoms with Gasteiger partial charge in [-0.05, 0) is 29.3 Å². The molecule has 0 aliphatic carbocycles. The molecular weight excluding hydrogens is 306 g/mol. The van der Waals surface area contributed by atoms with Crippen molar-refractivity contribution in [1.29, 1.82) is 0 Å². The molecule has 0 saturated carbocycles. The molecule has 6 heteroatoms. The van der Waals surface area contributed by atoms with Crippen molar-refractivity contribution in [3.63, 3.8) is 0 Å². The van der Waals surface area contributed by atoms with Crippen LogP contribution in [0.3, 0.4) is 0 Å². The molecule has 1 amide bonds. The Morgan fingerprint density at radius 1 is 1.08 bits per heavy atom. The summed E-state index contributed by atoms with van der Waals surface area (Å²) in [5.74, 6) is 1.60. The van der Waals surface area contributed by atoms with Crippen LogP contribution in [0.1, 0.15) is 17.5 Å². The van der Waals surface area contributed by atoms with Gasteiger partial charge < -0.3 is 20.1 Å². The fraction of sp³-hybridized carbons (Fsp3) is 0.333. The molecule has 3 rings (SSSR count). The Hall–Kier alpha value is -2.60. The van der Waals surface area contributed by atoms with Crippen LogP contribution in [0.2, 0.25) is 0 Å². The first kappa shape index (κ1) is 16.3. The standard InChI is InChI=1S/C18H21N3O3/c22-18(21-13-15-2-1-6-19-12-15)5-7-20-11-14-3-4-16-17(10-14)24-9-8-23-16/h1-4,6,10,12,20H,5,7-9,11,13H2,(H,21,22). The lowest BCUT2D eigenvalue weighted by atomic mass is 10.2. The Morgan fingerprint density at radius 3 is 2.79 bits per heavy atom. The summed E-state index contributed by atoms with van der Waals surface area (Å²) in [6.07, 6.45) is 3.90. The van der Waals surface area contributed by atoms with Crippen LogP contribution in [0.15, 0.2) is 42.7 Å². The predicted octanol–water partition coefficient (Wildman–Crippen LogP) is 1.65. The minimum atomic E-state index is 0.0218. The number of pyridine rings is 1. The van der Waals surface area contributed by atoms with Crippen molar-refractivity contribution in [2.75, 3.05) is 19.8 Å². The molecule has 1 aromatic heterocycles. The number of aromatic nitrogens is 1. The smallest absolute Gasteiger partial charge is 0.221 e. The molecule has 2 N–H and O–H groups in total. The number of nitrogens with one attached hydrogen (secondary N) is 2. The van der Waals surface area contributed by atoms with Crippen LogP contribution in [0, 0.1) is 0 Å². The molecule has 126 valence electrons. The highest BCUT2D eigenvalue weighted by atomic mass is 16.6. The van der Waals surface area contributed by atoms with Crippen molar-refractivity contribution in [1.82, 2.24) is 15.6 Å². The van der Waals surface area contributed by atoms with Gasteiger partial charge in [-0.2, -0.15) is 0 Å². The number of rotatable bonds is 7. The van der Waals surface area contributed by atoms with Gasteiger partial charge in [0, 0.05) is 38.4 Å². The minimum Gasteiger partial charge on any atom is -0.486 e. The molecule has 0 spiro atoms. The van der Waals surface area contributed by atoms with E-state index in [9.17, 15) is 4.79 Å². The van der Waals surface area contributed by atoms with Crippen molar-refractivity contribution < 1.29 is 14.3 Å². The molecule has 0 radical (unpaired) electrons. The van der Waals surface area contributed by atoms with Crippen LogP contribution in [0.25, 0.3) is 0 Å². The number of fused-ring (bicyclic) bond motifs is 1. The zero-order valence-electron chi connectivity index (χ0n) is 13.5. The second-order valence-corrected chi connectivity index (χ2v) is 5.54. The van der Waals surface area contributed by atoms with E-state index in [0.717, 1.165) is 22.6 Å². The SMILES string of the molecule is O=C(CCNCc1ccc2c(c1)OCCO2)NCc1cccnc1. The van der Waals surface area contributed by atoms with Gasteiger partial charge in [-0.1, -0.05) is 12.1 Å². The van der Waals surface area contributed by atoms with Gasteiger partial charge in [-0.15, -0.1) is 0 Å².